The summed E-state index contributed by atoms with van der Waals surface area (Å²) >= 11 is 0. The molecule has 0 rings (SSSR count). The van der Waals surface area contributed by atoms with Crippen LogP contribution in [0, 0.1) is 0 Å². The van der Waals surface area contributed by atoms with Crippen molar-refractivity contribution < 1.29 is 19.1 Å². The number of rotatable bonds is 33. The highest BCUT2D eigenvalue weighted by Crippen LogP contribution is 2.14. The quantitative estimate of drug-likeness (QED) is 0.0585. The Hall–Kier alpha value is -1.06. The van der Waals surface area contributed by atoms with E-state index in [0.29, 0.717) is 26.1 Å². The highest BCUT2D eigenvalue weighted by atomic mass is 16.5. The van der Waals surface area contributed by atoms with E-state index in [1.54, 1.807) is 0 Å². The predicted molar refractivity (Wildman–Crippen MR) is 172 cm³/mol. The number of unbranched alkanes of at least 4 members (excludes halogenated alkanes) is 25. The molecule has 0 atom stereocenters. The molecular formula is C36H70O4. The molecule has 0 bridgehead atoms. The second-order valence-electron chi connectivity index (χ2n) is 12.1. The summed E-state index contributed by atoms with van der Waals surface area (Å²) in [6.45, 7) is 5.59. The first-order valence-corrected chi connectivity index (χ1v) is 18.0. The van der Waals surface area contributed by atoms with E-state index < -0.39 is 0 Å². The van der Waals surface area contributed by atoms with Crippen LogP contribution in [-0.4, -0.2) is 25.2 Å². The van der Waals surface area contributed by atoms with Crippen LogP contribution < -0.4 is 0 Å². The minimum absolute atomic E-state index is 0.0428. The fourth-order valence-electron chi connectivity index (χ4n) is 5.29. The molecule has 0 aromatic carbocycles. The van der Waals surface area contributed by atoms with Gasteiger partial charge in [-0.05, 0) is 38.5 Å². The Morgan fingerprint density at radius 1 is 0.325 bits per heavy atom. The van der Waals surface area contributed by atoms with Gasteiger partial charge in [0.2, 0.25) is 0 Å². The summed E-state index contributed by atoms with van der Waals surface area (Å²) in [5, 5.41) is 0. The number of ether oxygens (including phenoxy) is 2. The van der Waals surface area contributed by atoms with Crippen LogP contribution in [0.2, 0.25) is 0 Å². The van der Waals surface area contributed by atoms with Crippen LogP contribution in [0.15, 0.2) is 0 Å². The minimum atomic E-state index is -0.0428. The number of carbonyl (C=O) groups excluding carboxylic acids is 2. The molecule has 0 heterocycles. The Kier molecular flexibility index (Phi) is 33.2. The average molecular weight is 567 g/mol. The van der Waals surface area contributed by atoms with E-state index in [1.807, 2.05) is 0 Å². The van der Waals surface area contributed by atoms with Crippen molar-refractivity contribution in [3.8, 4) is 0 Å². The summed E-state index contributed by atoms with van der Waals surface area (Å²) < 4.78 is 10.7. The molecule has 0 fully saturated rings. The summed E-state index contributed by atoms with van der Waals surface area (Å²) in [5.74, 6) is -0.0855. The molecule has 0 aliphatic heterocycles. The molecule has 0 aliphatic rings. The normalized spacial score (nSPS) is 11.2. The molecule has 0 saturated heterocycles. The summed E-state index contributed by atoms with van der Waals surface area (Å²) in [6, 6.07) is 0. The Balaban J connectivity index is 3.25. The highest BCUT2D eigenvalue weighted by molar-refractivity contribution is 5.69. The van der Waals surface area contributed by atoms with Crippen molar-refractivity contribution in [2.45, 2.75) is 206 Å². The van der Waals surface area contributed by atoms with Crippen LogP contribution >= 0.6 is 0 Å². The molecule has 0 aliphatic carbocycles. The lowest BCUT2D eigenvalue weighted by atomic mass is 10.0. The van der Waals surface area contributed by atoms with E-state index in [2.05, 4.69) is 13.8 Å². The molecule has 4 heteroatoms. The molecule has 0 spiro atoms. The number of hydrogen-bond acceptors (Lipinski definition) is 4. The molecule has 0 radical (unpaired) electrons. The fourth-order valence-corrected chi connectivity index (χ4v) is 5.29. The number of hydrogen-bond donors (Lipinski definition) is 0. The first kappa shape index (κ1) is 38.9. The zero-order valence-corrected chi connectivity index (χ0v) is 27.3. The predicted octanol–water partition coefficient (Wildman–Crippen LogP) is 11.8. The van der Waals surface area contributed by atoms with E-state index >= 15 is 0 Å². The topological polar surface area (TPSA) is 52.6 Å². The standard InChI is InChI=1S/C36H70O4/c1-3-5-7-9-11-13-15-17-19-21-23-27-31-35(37)39-33-29-25-26-30-34-40-36(38)32-28-24-22-20-18-16-14-12-10-8-6-4-2/h3-34H2,1-2H3. The first-order chi connectivity index (χ1) is 19.7. The van der Waals surface area contributed by atoms with Crippen LogP contribution in [0.1, 0.15) is 206 Å². The van der Waals surface area contributed by atoms with Gasteiger partial charge in [-0.2, -0.15) is 0 Å². The van der Waals surface area contributed by atoms with Crippen molar-refractivity contribution in [2.75, 3.05) is 13.2 Å². The smallest absolute Gasteiger partial charge is 0.305 e. The molecule has 4 nitrogen and oxygen atoms in total. The van der Waals surface area contributed by atoms with Gasteiger partial charge in [0, 0.05) is 12.8 Å². The lowest BCUT2D eigenvalue weighted by molar-refractivity contribution is -0.145. The SMILES string of the molecule is CCCCCCCCCCCCCCC(=O)OCCCCCCOC(=O)CCCCCCCCCCCCCC. The third-order valence-electron chi connectivity index (χ3n) is 8.03. The van der Waals surface area contributed by atoms with E-state index in [9.17, 15) is 9.59 Å². The van der Waals surface area contributed by atoms with Gasteiger partial charge in [-0.3, -0.25) is 9.59 Å². The molecular weight excluding hydrogens is 496 g/mol. The Morgan fingerprint density at radius 2 is 0.550 bits per heavy atom. The third kappa shape index (κ3) is 33.1. The molecule has 0 saturated carbocycles. The summed E-state index contributed by atoms with van der Waals surface area (Å²) in [7, 11) is 0. The van der Waals surface area contributed by atoms with Crippen LogP contribution in [0.25, 0.3) is 0 Å². The maximum absolute atomic E-state index is 11.9. The number of carbonyl (C=O) groups is 2. The number of esters is 2. The lowest BCUT2D eigenvalue weighted by Crippen LogP contribution is -2.07. The third-order valence-corrected chi connectivity index (χ3v) is 8.03. The van der Waals surface area contributed by atoms with Gasteiger partial charge in [-0.15, -0.1) is 0 Å². The highest BCUT2D eigenvalue weighted by Gasteiger charge is 2.04. The van der Waals surface area contributed by atoms with Crippen LogP contribution in [0.5, 0.6) is 0 Å². The van der Waals surface area contributed by atoms with Gasteiger partial charge >= 0.3 is 11.9 Å². The summed E-state index contributed by atoms with van der Waals surface area (Å²) in [6.07, 6.45) is 36.3. The molecule has 0 unspecified atom stereocenters. The second kappa shape index (κ2) is 34.1. The summed E-state index contributed by atoms with van der Waals surface area (Å²) in [5.41, 5.74) is 0. The van der Waals surface area contributed by atoms with Crippen LogP contribution in [-0.2, 0) is 19.1 Å². The Morgan fingerprint density at radius 3 is 0.825 bits per heavy atom. The van der Waals surface area contributed by atoms with E-state index in [-0.39, 0.29) is 11.9 Å². The van der Waals surface area contributed by atoms with Crippen LogP contribution in [0.4, 0.5) is 0 Å². The fraction of sp³-hybridized carbons (Fsp3) is 0.944. The van der Waals surface area contributed by atoms with E-state index in [4.69, 9.17) is 9.47 Å². The summed E-state index contributed by atoms with van der Waals surface area (Å²) in [4.78, 5) is 23.8. The largest absolute Gasteiger partial charge is 0.466 e. The van der Waals surface area contributed by atoms with E-state index in [1.165, 1.54) is 128 Å². The van der Waals surface area contributed by atoms with Crippen molar-refractivity contribution in [3.63, 3.8) is 0 Å². The van der Waals surface area contributed by atoms with Crippen molar-refractivity contribution in [2.24, 2.45) is 0 Å². The molecule has 0 amide bonds. The molecule has 0 aromatic rings. The molecule has 238 valence electrons. The van der Waals surface area contributed by atoms with Crippen molar-refractivity contribution >= 4 is 11.9 Å². The maximum atomic E-state index is 11.9. The van der Waals surface area contributed by atoms with Gasteiger partial charge in [0.25, 0.3) is 0 Å². The average Bonchev–Trinajstić information content (AvgIpc) is 2.95. The zero-order valence-electron chi connectivity index (χ0n) is 27.3. The van der Waals surface area contributed by atoms with E-state index in [0.717, 1.165) is 51.4 Å². The first-order valence-electron chi connectivity index (χ1n) is 18.0. The Bertz CT molecular complexity index is 473. The van der Waals surface area contributed by atoms with Crippen molar-refractivity contribution in [1.29, 1.82) is 0 Å². The van der Waals surface area contributed by atoms with Gasteiger partial charge in [0.1, 0.15) is 0 Å². The molecule has 40 heavy (non-hydrogen) atoms. The van der Waals surface area contributed by atoms with Gasteiger partial charge in [0.05, 0.1) is 13.2 Å². The molecule has 0 aromatic heterocycles. The monoisotopic (exact) mass is 567 g/mol. The lowest BCUT2D eigenvalue weighted by Gasteiger charge is -2.06. The van der Waals surface area contributed by atoms with Gasteiger partial charge in [-0.25, -0.2) is 0 Å². The second-order valence-corrected chi connectivity index (χ2v) is 12.1. The van der Waals surface area contributed by atoms with Gasteiger partial charge in [-0.1, -0.05) is 155 Å². The Labute approximate surface area is 250 Å². The van der Waals surface area contributed by atoms with Gasteiger partial charge < -0.3 is 9.47 Å². The zero-order chi connectivity index (χ0) is 29.2. The van der Waals surface area contributed by atoms with Gasteiger partial charge in [0.15, 0.2) is 0 Å². The van der Waals surface area contributed by atoms with Crippen LogP contribution in [0.3, 0.4) is 0 Å². The molecule has 0 N–H and O–H groups in total. The maximum Gasteiger partial charge on any atom is 0.305 e. The van der Waals surface area contributed by atoms with Crippen molar-refractivity contribution in [3.05, 3.63) is 0 Å². The van der Waals surface area contributed by atoms with Crippen molar-refractivity contribution in [1.82, 2.24) is 0 Å². The minimum Gasteiger partial charge on any atom is -0.466 e.